The van der Waals surface area contributed by atoms with Gasteiger partial charge in [-0.3, -0.25) is 4.99 Å². The first-order chi connectivity index (χ1) is 17.5. The minimum atomic E-state index is -4.62. The molecule has 0 bridgehead atoms. The topological polar surface area (TPSA) is 100 Å². The maximum atomic E-state index is 14.9. The van der Waals surface area contributed by atoms with E-state index in [2.05, 4.69) is 19.9 Å². The lowest BCUT2D eigenvalue weighted by Crippen LogP contribution is -2.16. The summed E-state index contributed by atoms with van der Waals surface area (Å²) in [5.74, 6) is 0.0818. The number of nitrogens with zero attached hydrogens (tertiary/aromatic N) is 5. The number of halogens is 4. The predicted molar refractivity (Wildman–Crippen MR) is 129 cm³/mol. The average molecular weight is 519 g/mol. The zero-order valence-electron chi connectivity index (χ0n) is 20.7. The molecule has 37 heavy (non-hydrogen) atoms. The van der Waals surface area contributed by atoms with Crippen molar-refractivity contribution in [2.45, 2.75) is 32.5 Å². The first-order valence-corrected chi connectivity index (χ1v) is 11.4. The van der Waals surface area contributed by atoms with Crippen molar-refractivity contribution in [3.8, 4) is 17.3 Å². The molecule has 2 heterocycles. The Morgan fingerprint density at radius 1 is 1.19 bits per heavy atom. The lowest BCUT2D eigenvalue weighted by atomic mass is 10.1. The molecule has 0 unspecified atom stereocenters. The second-order valence-electron chi connectivity index (χ2n) is 8.66. The fourth-order valence-electron chi connectivity index (χ4n) is 3.87. The molecular formula is C25H26F4N6O2. The summed E-state index contributed by atoms with van der Waals surface area (Å²) in [6.07, 6.45) is -1.84. The Labute approximate surface area is 210 Å². The molecule has 12 heteroatoms. The number of alkyl halides is 3. The van der Waals surface area contributed by atoms with Crippen molar-refractivity contribution in [3.05, 3.63) is 64.9 Å². The van der Waals surface area contributed by atoms with Gasteiger partial charge in [-0.2, -0.15) is 18.2 Å². The number of hydrogen-bond acceptors (Lipinski definition) is 7. The van der Waals surface area contributed by atoms with Crippen LogP contribution in [0.5, 0.6) is 5.88 Å². The molecule has 8 nitrogen and oxygen atoms in total. The van der Waals surface area contributed by atoms with E-state index in [9.17, 15) is 17.6 Å². The van der Waals surface area contributed by atoms with Crippen LogP contribution >= 0.6 is 0 Å². The molecule has 0 radical (unpaired) electrons. The van der Waals surface area contributed by atoms with E-state index in [1.54, 1.807) is 26.1 Å². The van der Waals surface area contributed by atoms with E-state index in [4.69, 9.17) is 15.2 Å². The molecular weight excluding hydrogens is 492 g/mol. The highest BCUT2D eigenvalue weighted by molar-refractivity contribution is 6.25. The Balaban J connectivity index is 1.57. The van der Waals surface area contributed by atoms with Gasteiger partial charge in [-0.15, -0.1) is 0 Å². The third-order valence-electron chi connectivity index (χ3n) is 5.81. The van der Waals surface area contributed by atoms with Gasteiger partial charge in [0.25, 0.3) is 0 Å². The van der Waals surface area contributed by atoms with Crippen LogP contribution in [0.4, 0.5) is 17.6 Å². The van der Waals surface area contributed by atoms with Crippen molar-refractivity contribution in [1.29, 1.82) is 0 Å². The van der Waals surface area contributed by atoms with E-state index < -0.39 is 17.7 Å². The minimum absolute atomic E-state index is 0.0440. The molecule has 0 amide bonds. The van der Waals surface area contributed by atoms with Crippen molar-refractivity contribution in [2.24, 2.45) is 23.7 Å². The maximum absolute atomic E-state index is 14.9. The molecule has 1 aliphatic rings. The third kappa shape index (κ3) is 5.73. The first kappa shape index (κ1) is 26.1. The van der Waals surface area contributed by atoms with Gasteiger partial charge in [0.1, 0.15) is 23.8 Å². The molecule has 1 fully saturated rings. The number of aryl methyl sites for hydroxylation is 2. The number of aliphatic imine (C=N–C) groups is 1. The van der Waals surface area contributed by atoms with Gasteiger partial charge in [0.05, 0.1) is 18.4 Å². The van der Waals surface area contributed by atoms with Gasteiger partial charge in [-0.05, 0) is 37.5 Å². The van der Waals surface area contributed by atoms with Gasteiger partial charge in [0.2, 0.25) is 5.88 Å². The van der Waals surface area contributed by atoms with Gasteiger partial charge < -0.3 is 19.8 Å². The smallest absolute Gasteiger partial charge is 0.434 e. The SMILES string of the molecule is CN=C(C(=C(N)OC)c1nc(C)cc(OCc2ccc(-c3nc(C(F)(F)F)cn3C)c(F)c2)n1)C1CC1. The highest BCUT2D eigenvalue weighted by Crippen LogP contribution is 2.37. The second-order valence-corrected chi connectivity index (χ2v) is 8.66. The molecule has 1 aliphatic carbocycles. The molecule has 4 rings (SSSR count). The van der Waals surface area contributed by atoms with Crippen molar-refractivity contribution >= 4 is 11.3 Å². The van der Waals surface area contributed by atoms with Gasteiger partial charge in [0, 0.05) is 38.0 Å². The number of imidazole rings is 1. The Hall–Kier alpha value is -3.96. The lowest BCUT2D eigenvalue weighted by molar-refractivity contribution is -0.140. The van der Waals surface area contributed by atoms with Gasteiger partial charge in [0.15, 0.2) is 17.4 Å². The van der Waals surface area contributed by atoms with E-state index in [1.807, 2.05) is 0 Å². The monoisotopic (exact) mass is 518 g/mol. The number of rotatable bonds is 8. The Kier molecular flexibility index (Phi) is 7.19. The second kappa shape index (κ2) is 10.2. The maximum Gasteiger partial charge on any atom is 0.434 e. The van der Waals surface area contributed by atoms with Crippen LogP contribution < -0.4 is 10.5 Å². The van der Waals surface area contributed by atoms with Crippen LogP contribution in [0.15, 0.2) is 41.3 Å². The van der Waals surface area contributed by atoms with E-state index >= 15 is 0 Å². The molecule has 2 N–H and O–H groups in total. The summed E-state index contributed by atoms with van der Waals surface area (Å²) in [4.78, 5) is 16.9. The zero-order valence-corrected chi connectivity index (χ0v) is 20.7. The fourth-order valence-corrected chi connectivity index (χ4v) is 3.87. The predicted octanol–water partition coefficient (Wildman–Crippen LogP) is 4.68. The Morgan fingerprint density at radius 2 is 1.92 bits per heavy atom. The quantitative estimate of drug-likeness (QED) is 0.264. The third-order valence-corrected chi connectivity index (χ3v) is 5.81. The standard InChI is InChI=1S/C25H26F4N6O2/c1-13-9-19(34-23(32-13)20(22(30)36-4)21(31-2)15-6-7-15)37-12-14-5-8-16(17(26)10-14)24-33-18(11-35(24)3)25(27,28)29/h5,8-11,15H,6-7,12,30H2,1-4H3. The molecule has 0 saturated heterocycles. The van der Waals surface area contributed by atoms with E-state index in [-0.39, 0.29) is 35.7 Å². The number of ether oxygens (including phenoxy) is 2. The van der Waals surface area contributed by atoms with Crippen LogP contribution in [0, 0.1) is 18.7 Å². The number of hydrogen-bond donors (Lipinski definition) is 1. The van der Waals surface area contributed by atoms with Crippen LogP contribution in [-0.4, -0.2) is 39.4 Å². The van der Waals surface area contributed by atoms with Crippen molar-refractivity contribution in [1.82, 2.24) is 19.5 Å². The normalized spacial score (nSPS) is 15.0. The van der Waals surface area contributed by atoms with Crippen LogP contribution in [0.1, 0.15) is 35.6 Å². The molecule has 1 aromatic carbocycles. The average Bonchev–Trinajstić information content (AvgIpc) is 3.60. The van der Waals surface area contributed by atoms with Crippen LogP contribution in [-0.2, 0) is 24.6 Å². The number of nitrogens with two attached hydrogens (primary N) is 1. The molecule has 1 saturated carbocycles. The summed E-state index contributed by atoms with van der Waals surface area (Å²) in [6.45, 7) is 1.73. The molecule has 0 spiro atoms. The molecule has 0 aliphatic heterocycles. The van der Waals surface area contributed by atoms with Crippen molar-refractivity contribution in [2.75, 3.05) is 14.2 Å². The van der Waals surface area contributed by atoms with Gasteiger partial charge in [-0.25, -0.2) is 14.4 Å². The summed E-state index contributed by atoms with van der Waals surface area (Å²) in [5, 5.41) is 0. The van der Waals surface area contributed by atoms with Gasteiger partial charge in [-0.1, -0.05) is 6.07 Å². The highest BCUT2D eigenvalue weighted by atomic mass is 19.4. The minimum Gasteiger partial charge on any atom is -0.482 e. The van der Waals surface area contributed by atoms with Crippen LogP contribution in [0.3, 0.4) is 0 Å². The summed E-state index contributed by atoms with van der Waals surface area (Å²) in [5.41, 5.74) is 7.30. The zero-order chi connectivity index (χ0) is 26.9. The van der Waals surface area contributed by atoms with Gasteiger partial charge >= 0.3 is 6.18 Å². The number of benzene rings is 1. The van der Waals surface area contributed by atoms with Crippen molar-refractivity contribution < 1.29 is 27.0 Å². The Bertz CT molecular complexity index is 1380. The van der Waals surface area contributed by atoms with Crippen LogP contribution in [0.2, 0.25) is 0 Å². The van der Waals surface area contributed by atoms with E-state index in [0.717, 1.165) is 29.3 Å². The van der Waals surface area contributed by atoms with Crippen LogP contribution in [0.25, 0.3) is 17.0 Å². The Morgan fingerprint density at radius 3 is 2.49 bits per heavy atom. The fraction of sp³-hybridized carbons (Fsp3) is 0.360. The summed E-state index contributed by atoms with van der Waals surface area (Å²) in [6, 6.07) is 5.74. The molecule has 0 atom stereocenters. The number of methoxy groups -OCH3 is 1. The first-order valence-electron chi connectivity index (χ1n) is 11.4. The lowest BCUT2D eigenvalue weighted by Gasteiger charge is -2.14. The highest BCUT2D eigenvalue weighted by Gasteiger charge is 2.35. The summed E-state index contributed by atoms with van der Waals surface area (Å²) in [7, 11) is 4.51. The molecule has 3 aromatic rings. The van der Waals surface area contributed by atoms with E-state index in [1.165, 1.54) is 26.3 Å². The summed E-state index contributed by atoms with van der Waals surface area (Å²) >= 11 is 0. The number of allylic oxidation sites excluding steroid dienone is 1. The summed E-state index contributed by atoms with van der Waals surface area (Å²) < 4.78 is 66.0. The number of aromatic nitrogens is 4. The van der Waals surface area contributed by atoms with E-state index in [0.29, 0.717) is 22.7 Å². The largest absolute Gasteiger partial charge is 0.482 e. The van der Waals surface area contributed by atoms with Crippen molar-refractivity contribution in [3.63, 3.8) is 0 Å². The molecule has 196 valence electrons. The molecule has 2 aromatic heterocycles.